The summed E-state index contributed by atoms with van der Waals surface area (Å²) < 4.78 is 0. The molecule has 0 aliphatic heterocycles. The third-order valence-corrected chi connectivity index (χ3v) is 0.676. The summed E-state index contributed by atoms with van der Waals surface area (Å²) in [5, 5.41) is 24.2. The van der Waals surface area contributed by atoms with E-state index >= 15 is 0 Å². The minimum Gasteiger partial charge on any atom is -0.396 e. The molecule has 0 spiro atoms. The zero-order chi connectivity index (χ0) is 8.41. The average Bonchev–Trinajstić information content (AvgIpc) is 1.89. The highest BCUT2D eigenvalue weighted by Crippen LogP contribution is 1.83. The standard InChI is InChI=1S/C4H10O2.C3H6O/c1-4(6)2-3-5;1-2-3-4/h4-6H,2-3H2,1H3;2,4H,1,3H2. The second kappa shape index (κ2) is 11.4. The summed E-state index contributed by atoms with van der Waals surface area (Å²) in [7, 11) is 0. The Bertz CT molecular complexity index is 61.9. The van der Waals surface area contributed by atoms with Crippen LogP contribution in [0, 0.1) is 0 Å². The molecule has 0 rings (SSSR count). The summed E-state index contributed by atoms with van der Waals surface area (Å²) in [5.41, 5.74) is 0. The smallest absolute Gasteiger partial charge is 0.0609 e. The maximum absolute atomic E-state index is 8.39. The third kappa shape index (κ3) is 25.5. The second-order valence-corrected chi connectivity index (χ2v) is 1.83. The first-order chi connectivity index (χ1) is 4.68. The first-order valence-electron chi connectivity index (χ1n) is 3.19. The Morgan fingerprint density at radius 2 is 1.90 bits per heavy atom. The third-order valence-electron chi connectivity index (χ3n) is 0.676. The summed E-state index contributed by atoms with van der Waals surface area (Å²) in [6, 6.07) is 0. The minimum absolute atomic E-state index is 0.0810. The van der Waals surface area contributed by atoms with Crippen LogP contribution in [0.1, 0.15) is 13.3 Å². The topological polar surface area (TPSA) is 60.7 Å². The molecule has 0 aliphatic rings. The molecule has 0 radical (unpaired) electrons. The van der Waals surface area contributed by atoms with Crippen molar-refractivity contribution in [2.45, 2.75) is 19.4 Å². The van der Waals surface area contributed by atoms with Crippen LogP contribution in [-0.2, 0) is 0 Å². The molecule has 10 heavy (non-hydrogen) atoms. The molecule has 3 heteroatoms. The monoisotopic (exact) mass is 148 g/mol. The van der Waals surface area contributed by atoms with Gasteiger partial charge in [-0.25, -0.2) is 0 Å². The summed E-state index contributed by atoms with van der Waals surface area (Å²) in [4.78, 5) is 0. The number of hydrogen-bond acceptors (Lipinski definition) is 3. The summed E-state index contributed by atoms with van der Waals surface area (Å²) in [6.07, 6.45) is 1.56. The van der Waals surface area contributed by atoms with Gasteiger partial charge in [0, 0.05) is 6.61 Å². The Balaban J connectivity index is 0. The van der Waals surface area contributed by atoms with E-state index in [0.29, 0.717) is 6.42 Å². The van der Waals surface area contributed by atoms with Crippen LogP contribution in [0.25, 0.3) is 0 Å². The van der Waals surface area contributed by atoms with Crippen LogP contribution >= 0.6 is 0 Å². The van der Waals surface area contributed by atoms with Gasteiger partial charge < -0.3 is 15.3 Å². The van der Waals surface area contributed by atoms with E-state index in [0.717, 1.165) is 0 Å². The lowest BCUT2D eigenvalue weighted by Crippen LogP contribution is -2.00. The fraction of sp³-hybridized carbons (Fsp3) is 0.714. The van der Waals surface area contributed by atoms with Gasteiger partial charge in [-0.2, -0.15) is 0 Å². The Kier molecular flexibility index (Phi) is 14.1. The number of hydrogen-bond donors (Lipinski definition) is 3. The maximum Gasteiger partial charge on any atom is 0.0609 e. The highest BCUT2D eigenvalue weighted by atomic mass is 16.3. The lowest BCUT2D eigenvalue weighted by molar-refractivity contribution is 0.148. The van der Waals surface area contributed by atoms with Gasteiger partial charge in [-0.15, -0.1) is 6.58 Å². The van der Waals surface area contributed by atoms with E-state index in [1.165, 1.54) is 6.08 Å². The first kappa shape index (κ1) is 12.3. The molecule has 0 heterocycles. The molecule has 1 atom stereocenters. The van der Waals surface area contributed by atoms with Gasteiger partial charge in [0.05, 0.1) is 12.7 Å². The van der Waals surface area contributed by atoms with Crippen LogP contribution in [0.2, 0.25) is 0 Å². The van der Waals surface area contributed by atoms with Crippen molar-refractivity contribution >= 4 is 0 Å². The van der Waals surface area contributed by atoms with Crippen molar-refractivity contribution < 1.29 is 15.3 Å². The summed E-state index contributed by atoms with van der Waals surface area (Å²) in [6.45, 7) is 5.04. The molecule has 0 aliphatic carbocycles. The Hall–Kier alpha value is -0.380. The predicted octanol–water partition coefficient (Wildman–Crippen LogP) is -0.0857. The van der Waals surface area contributed by atoms with Crippen molar-refractivity contribution in [3.05, 3.63) is 12.7 Å². The van der Waals surface area contributed by atoms with Gasteiger partial charge in [-0.05, 0) is 13.3 Å². The van der Waals surface area contributed by atoms with Crippen molar-refractivity contribution in [1.82, 2.24) is 0 Å². The molecule has 0 aromatic rings. The van der Waals surface area contributed by atoms with E-state index in [9.17, 15) is 0 Å². The van der Waals surface area contributed by atoms with Crippen LogP contribution in [0.4, 0.5) is 0 Å². The molecule has 0 amide bonds. The fourth-order valence-electron chi connectivity index (χ4n) is 0.187. The van der Waals surface area contributed by atoms with Crippen molar-refractivity contribution in [3.63, 3.8) is 0 Å². The molecule has 0 saturated heterocycles. The summed E-state index contributed by atoms with van der Waals surface area (Å²) in [5.74, 6) is 0. The highest BCUT2D eigenvalue weighted by Gasteiger charge is 1.88. The molecule has 0 fully saturated rings. The van der Waals surface area contributed by atoms with Crippen molar-refractivity contribution in [3.8, 4) is 0 Å². The first-order valence-corrected chi connectivity index (χ1v) is 3.19. The van der Waals surface area contributed by atoms with Crippen molar-refractivity contribution in [1.29, 1.82) is 0 Å². The van der Waals surface area contributed by atoms with Gasteiger partial charge in [0.1, 0.15) is 0 Å². The molecular formula is C7H16O3. The van der Waals surface area contributed by atoms with E-state index in [1.54, 1.807) is 6.92 Å². The molecule has 0 aromatic carbocycles. The molecule has 0 aromatic heterocycles. The Morgan fingerprint density at radius 3 is 1.90 bits per heavy atom. The maximum atomic E-state index is 8.39. The van der Waals surface area contributed by atoms with Gasteiger partial charge in [0.15, 0.2) is 0 Å². The van der Waals surface area contributed by atoms with Crippen LogP contribution in [0.3, 0.4) is 0 Å². The lowest BCUT2D eigenvalue weighted by Gasteiger charge is -1.95. The van der Waals surface area contributed by atoms with Crippen molar-refractivity contribution in [2.24, 2.45) is 0 Å². The normalized spacial score (nSPS) is 11.2. The minimum atomic E-state index is -0.352. The Morgan fingerprint density at radius 1 is 1.50 bits per heavy atom. The zero-order valence-corrected chi connectivity index (χ0v) is 6.32. The Labute approximate surface area is 61.6 Å². The van der Waals surface area contributed by atoms with E-state index in [1.807, 2.05) is 0 Å². The number of aliphatic hydroxyl groups excluding tert-OH is 3. The van der Waals surface area contributed by atoms with Crippen LogP contribution in [0.15, 0.2) is 12.7 Å². The van der Waals surface area contributed by atoms with Gasteiger partial charge in [0.25, 0.3) is 0 Å². The van der Waals surface area contributed by atoms with Crippen LogP contribution < -0.4 is 0 Å². The van der Waals surface area contributed by atoms with E-state index in [4.69, 9.17) is 15.3 Å². The van der Waals surface area contributed by atoms with Gasteiger partial charge >= 0.3 is 0 Å². The fourth-order valence-corrected chi connectivity index (χ4v) is 0.187. The van der Waals surface area contributed by atoms with Crippen molar-refractivity contribution in [2.75, 3.05) is 13.2 Å². The van der Waals surface area contributed by atoms with E-state index in [2.05, 4.69) is 6.58 Å². The van der Waals surface area contributed by atoms with Crippen LogP contribution in [-0.4, -0.2) is 34.6 Å². The molecule has 0 bridgehead atoms. The van der Waals surface area contributed by atoms with Gasteiger partial charge in [0.2, 0.25) is 0 Å². The molecular weight excluding hydrogens is 132 g/mol. The average molecular weight is 148 g/mol. The number of aliphatic hydroxyl groups is 3. The summed E-state index contributed by atoms with van der Waals surface area (Å²) >= 11 is 0. The van der Waals surface area contributed by atoms with Gasteiger partial charge in [-0.1, -0.05) is 6.08 Å². The lowest BCUT2D eigenvalue weighted by atomic mass is 10.3. The largest absolute Gasteiger partial charge is 0.396 e. The van der Waals surface area contributed by atoms with Crippen LogP contribution in [0.5, 0.6) is 0 Å². The van der Waals surface area contributed by atoms with Gasteiger partial charge in [-0.3, -0.25) is 0 Å². The SMILES string of the molecule is C=CCO.CC(O)CCO. The van der Waals surface area contributed by atoms with E-state index in [-0.39, 0.29) is 19.3 Å². The second-order valence-electron chi connectivity index (χ2n) is 1.83. The molecule has 1 unspecified atom stereocenters. The van der Waals surface area contributed by atoms with E-state index < -0.39 is 0 Å². The molecule has 0 saturated carbocycles. The highest BCUT2D eigenvalue weighted by molar-refractivity contribution is 4.60. The molecule has 3 N–H and O–H groups in total. The molecule has 3 nitrogen and oxygen atoms in total. The molecule has 62 valence electrons. The quantitative estimate of drug-likeness (QED) is 0.490. The zero-order valence-electron chi connectivity index (χ0n) is 6.32. The number of rotatable bonds is 3. The predicted molar refractivity (Wildman–Crippen MR) is 40.7 cm³/mol.